The van der Waals surface area contributed by atoms with E-state index >= 15 is 0 Å². The third-order valence-corrected chi connectivity index (χ3v) is 11.6. The second-order valence-corrected chi connectivity index (χ2v) is 15.9. The number of carbonyl (C=O) groups excluding carboxylic acids is 2. The summed E-state index contributed by atoms with van der Waals surface area (Å²) in [5, 5.41) is 16.1. The van der Waals surface area contributed by atoms with Gasteiger partial charge < -0.3 is 34.9 Å². The molecule has 0 aliphatic carbocycles. The van der Waals surface area contributed by atoms with Crippen LogP contribution in [0.5, 0.6) is 17.2 Å². The first-order valence-corrected chi connectivity index (χ1v) is 20.7. The number of pyridine rings is 1. The minimum Gasteiger partial charge on any atom is -0.489 e. The van der Waals surface area contributed by atoms with Crippen molar-refractivity contribution in [3.05, 3.63) is 178 Å². The summed E-state index contributed by atoms with van der Waals surface area (Å²) in [5.41, 5.74) is 8.26. The molecule has 0 unspecified atom stereocenters. The molecule has 63 heavy (non-hydrogen) atoms. The van der Waals surface area contributed by atoms with Gasteiger partial charge in [0.1, 0.15) is 42.7 Å². The Bertz CT molecular complexity index is 2620. The molecule has 3 amide bonds. The van der Waals surface area contributed by atoms with E-state index in [4.69, 9.17) is 14.2 Å². The molecule has 0 saturated carbocycles. The van der Waals surface area contributed by atoms with Gasteiger partial charge in [-0.05, 0) is 113 Å². The van der Waals surface area contributed by atoms with E-state index in [2.05, 4.69) is 15.6 Å². The van der Waals surface area contributed by atoms with Crippen LogP contribution in [0, 0.1) is 25.5 Å². The zero-order valence-corrected chi connectivity index (χ0v) is 34.9. The third-order valence-electron chi connectivity index (χ3n) is 11.6. The molecule has 3 N–H and O–H groups in total. The van der Waals surface area contributed by atoms with E-state index in [0.717, 1.165) is 56.3 Å². The van der Waals surface area contributed by atoms with Crippen LogP contribution >= 0.6 is 0 Å². The Kier molecular flexibility index (Phi) is 12.4. The van der Waals surface area contributed by atoms with E-state index in [0.29, 0.717) is 22.8 Å². The normalized spacial score (nSPS) is 16.3. The monoisotopic (exact) mass is 852 g/mol. The van der Waals surface area contributed by atoms with Gasteiger partial charge in [0.05, 0.1) is 6.04 Å². The van der Waals surface area contributed by atoms with Crippen LogP contribution in [0.2, 0.25) is 0 Å². The van der Waals surface area contributed by atoms with Crippen LogP contribution in [0.4, 0.5) is 13.6 Å². The van der Waals surface area contributed by atoms with Gasteiger partial charge in [0.25, 0.3) is 0 Å². The number of hydrogen-bond donors (Lipinski definition) is 3. The molecule has 0 radical (unpaired) electrons. The van der Waals surface area contributed by atoms with E-state index in [1.54, 1.807) is 18.3 Å². The van der Waals surface area contributed by atoms with Crippen molar-refractivity contribution in [2.75, 3.05) is 6.61 Å². The number of hydrogen-bond acceptors (Lipinski definition) is 7. The Morgan fingerprint density at radius 3 is 2.29 bits per heavy atom. The fourth-order valence-electron chi connectivity index (χ4n) is 7.97. The number of halogens is 2. The quantitative estimate of drug-likeness (QED) is 0.111. The molecule has 8 rings (SSSR count). The highest BCUT2D eigenvalue weighted by atomic mass is 19.1. The maximum atomic E-state index is 14.2. The van der Waals surface area contributed by atoms with Crippen LogP contribution in [0.15, 0.2) is 121 Å². The molecule has 2 aliphatic heterocycles. The fourth-order valence-corrected chi connectivity index (χ4v) is 7.97. The van der Waals surface area contributed by atoms with Crippen LogP contribution in [-0.2, 0) is 35.6 Å². The number of rotatable bonds is 12. The lowest BCUT2D eigenvalue weighted by molar-refractivity contribution is -0.142. The number of fused-ring (bicyclic) bond motifs is 2. The highest BCUT2D eigenvalue weighted by Gasteiger charge is 2.38. The Hall–Kier alpha value is -7.28. The molecular weight excluding hydrogens is 807 g/mol. The molecule has 2 aliphatic rings. The molecule has 0 bridgehead atoms. The van der Waals surface area contributed by atoms with Crippen molar-refractivity contribution in [3.63, 3.8) is 0 Å². The lowest BCUT2D eigenvalue weighted by Gasteiger charge is -2.38. The smallest absolute Gasteiger partial charge is 0.326 e. The van der Waals surface area contributed by atoms with Gasteiger partial charge in [-0.15, -0.1) is 0 Å². The number of aliphatic carboxylic acids is 1. The second-order valence-electron chi connectivity index (χ2n) is 15.9. The van der Waals surface area contributed by atoms with Crippen LogP contribution in [-0.4, -0.2) is 51.6 Å². The Balaban J connectivity index is 0.988. The largest absolute Gasteiger partial charge is 0.489 e. The van der Waals surface area contributed by atoms with Crippen molar-refractivity contribution in [3.8, 4) is 28.4 Å². The molecule has 13 heteroatoms. The Labute approximate surface area is 363 Å². The molecule has 0 spiro atoms. The summed E-state index contributed by atoms with van der Waals surface area (Å²) < 4.78 is 45.6. The first kappa shape index (κ1) is 42.4. The Morgan fingerprint density at radius 2 is 1.57 bits per heavy atom. The lowest BCUT2D eigenvalue weighted by atomic mass is 9.92. The number of carbonyl (C=O) groups is 3. The first-order valence-electron chi connectivity index (χ1n) is 20.7. The Morgan fingerprint density at radius 1 is 0.857 bits per heavy atom. The topological polar surface area (TPSA) is 139 Å². The zero-order chi connectivity index (χ0) is 44.2. The first-order chi connectivity index (χ1) is 30.4. The van der Waals surface area contributed by atoms with Gasteiger partial charge in [0.2, 0.25) is 5.91 Å². The molecule has 4 atom stereocenters. The minimum absolute atomic E-state index is 0.0134. The molecule has 0 saturated heterocycles. The highest BCUT2D eigenvalue weighted by molar-refractivity contribution is 5.91. The summed E-state index contributed by atoms with van der Waals surface area (Å²) >= 11 is 0. The summed E-state index contributed by atoms with van der Waals surface area (Å²) in [6, 6.07) is 29.8. The molecule has 6 aromatic rings. The number of aryl methyl sites for hydroxylation is 1. The van der Waals surface area contributed by atoms with Crippen molar-refractivity contribution >= 4 is 17.9 Å². The number of carboxylic acid groups (broad SMARTS) is 1. The average Bonchev–Trinajstić information content (AvgIpc) is 3.28. The van der Waals surface area contributed by atoms with Gasteiger partial charge >= 0.3 is 12.0 Å². The molecule has 5 aromatic carbocycles. The van der Waals surface area contributed by atoms with Crippen LogP contribution < -0.4 is 24.8 Å². The van der Waals surface area contributed by atoms with E-state index < -0.39 is 47.7 Å². The number of carboxylic acids is 1. The number of amides is 3. The number of urea groups is 1. The van der Waals surface area contributed by atoms with Gasteiger partial charge in [-0.2, -0.15) is 0 Å². The maximum Gasteiger partial charge on any atom is 0.326 e. The fraction of sp³-hybridized carbons (Fsp3) is 0.240. The molecule has 1 aromatic heterocycles. The summed E-state index contributed by atoms with van der Waals surface area (Å²) in [6.45, 7) is 6.03. The van der Waals surface area contributed by atoms with Gasteiger partial charge in [-0.3, -0.25) is 9.78 Å². The number of nitrogens with one attached hydrogen (secondary N) is 2. The molecule has 3 heterocycles. The standard InChI is InChI=1S/C50H46F2N4O7/c1-29-30(2)53-18-17-42(29)35-11-9-32(10-12-35)21-43(49(58)59)55-48(57)44-22-37-23-45-46(24-38(37)26-56(44)50(60)54-31(3)34-7-5-4-6-8-34)63-47(28-62-45)36-13-15-41(16-14-36)61-27-33-19-39(51)25-40(52)20-33/h4-20,23-25,31,43-44,47H,21-22,26-28H2,1-3H3,(H,54,60)(H,55,57)(H,58,59)/t31-,43+,44+,47-/m1/s1. The third kappa shape index (κ3) is 9.78. The van der Waals surface area contributed by atoms with Gasteiger partial charge in [-0.25, -0.2) is 18.4 Å². The molecule has 0 fully saturated rings. The van der Waals surface area contributed by atoms with Gasteiger partial charge in [0.15, 0.2) is 17.6 Å². The van der Waals surface area contributed by atoms with E-state index in [9.17, 15) is 28.3 Å². The van der Waals surface area contributed by atoms with Crippen molar-refractivity contribution in [1.29, 1.82) is 0 Å². The van der Waals surface area contributed by atoms with Gasteiger partial charge in [0, 0.05) is 37.3 Å². The minimum atomic E-state index is -1.27. The van der Waals surface area contributed by atoms with Crippen LogP contribution in [0.25, 0.3) is 11.1 Å². The molecular formula is C50H46F2N4O7. The SMILES string of the molecule is Cc1nccc(-c2ccc(C[C@H](NC(=O)[C@@H]3Cc4cc5c(cc4CN3C(=O)N[C@H](C)c3ccccc3)O[C@@H](c3ccc(OCc4cc(F)cc(F)c4)cc3)CO5)C(=O)O)cc2)c1C. The van der Waals surface area contributed by atoms with Gasteiger partial charge in [-0.1, -0.05) is 66.7 Å². The predicted molar refractivity (Wildman–Crippen MR) is 231 cm³/mol. The van der Waals surface area contributed by atoms with Crippen LogP contribution in [0.1, 0.15) is 63.7 Å². The van der Waals surface area contributed by atoms with E-state index in [1.165, 1.54) is 17.0 Å². The zero-order valence-electron chi connectivity index (χ0n) is 34.9. The predicted octanol–water partition coefficient (Wildman–Crippen LogP) is 8.74. The summed E-state index contributed by atoms with van der Waals surface area (Å²) in [6.07, 6.45) is 1.41. The van der Waals surface area contributed by atoms with Crippen molar-refractivity contribution in [2.45, 2.75) is 71.0 Å². The summed E-state index contributed by atoms with van der Waals surface area (Å²) in [7, 11) is 0. The highest BCUT2D eigenvalue weighted by Crippen LogP contribution is 2.41. The summed E-state index contributed by atoms with van der Waals surface area (Å²) in [4.78, 5) is 46.8. The number of aromatic nitrogens is 1. The number of ether oxygens (including phenoxy) is 3. The van der Waals surface area contributed by atoms with Crippen molar-refractivity contribution < 1.29 is 42.5 Å². The van der Waals surface area contributed by atoms with Crippen molar-refractivity contribution in [2.24, 2.45) is 0 Å². The lowest BCUT2D eigenvalue weighted by Crippen LogP contribution is -2.57. The van der Waals surface area contributed by atoms with E-state index in [-0.39, 0.29) is 38.6 Å². The average molecular weight is 853 g/mol. The van der Waals surface area contributed by atoms with Crippen LogP contribution in [0.3, 0.4) is 0 Å². The molecule has 11 nitrogen and oxygen atoms in total. The van der Waals surface area contributed by atoms with E-state index in [1.807, 2.05) is 106 Å². The number of nitrogens with zero attached hydrogens (tertiary/aromatic N) is 2. The second kappa shape index (κ2) is 18.4. The summed E-state index contributed by atoms with van der Waals surface area (Å²) in [5.74, 6) is -1.70. The van der Waals surface area contributed by atoms with Crippen molar-refractivity contribution in [1.82, 2.24) is 20.5 Å². The number of benzene rings is 5. The molecule has 322 valence electrons. The maximum absolute atomic E-state index is 14.2.